The van der Waals surface area contributed by atoms with Crippen LogP contribution in [0.1, 0.15) is 63.9 Å². The second-order valence-corrected chi connectivity index (χ2v) is 8.44. The normalized spacial score (nSPS) is 11.1. The number of rotatable bonds is 12. The predicted octanol–water partition coefficient (Wildman–Crippen LogP) is 2.49. The molecule has 1 N–H and O–H groups in total. The van der Waals surface area contributed by atoms with Gasteiger partial charge in [-0.25, -0.2) is 0 Å². The van der Waals surface area contributed by atoms with Crippen LogP contribution in [0, 0.1) is 0 Å². The Morgan fingerprint density at radius 1 is 0.931 bits per heavy atom. The molecule has 5 nitrogen and oxygen atoms in total. The molecule has 0 saturated heterocycles. The summed E-state index contributed by atoms with van der Waals surface area (Å²) in [7, 11) is -4.32. The van der Waals surface area contributed by atoms with Crippen LogP contribution in [0.15, 0.2) is 47.4 Å². The quantitative estimate of drug-likeness (QED) is 0.309. The van der Waals surface area contributed by atoms with Crippen LogP contribution in [0.2, 0.25) is 0 Å². The SMILES string of the molecule is CCCCCCCCCCc1cccc(Oc2cccc(S(=O)(=O)O)c2)c1[O-].[K+]. The van der Waals surface area contributed by atoms with E-state index in [1.807, 2.05) is 6.07 Å². The summed E-state index contributed by atoms with van der Waals surface area (Å²) in [6.45, 7) is 2.21. The number of unbranched alkanes of at least 4 members (excludes halogenated alkanes) is 7. The molecule has 29 heavy (non-hydrogen) atoms. The molecule has 0 bridgehead atoms. The van der Waals surface area contributed by atoms with Gasteiger partial charge in [0.15, 0.2) is 0 Å². The van der Waals surface area contributed by atoms with Gasteiger partial charge >= 0.3 is 51.4 Å². The fourth-order valence-electron chi connectivity index (χ4n) is 3.11. The van der Waals surface area contributed by atoms with Gasteiger partial charge in [0.05, 0.1) is 4.90 Å². The van der Waals surface area contributed by atoms with Crippen LogP contribution in [0.3, 0.4) is 0 Å². The first-order valence-electron chi connectivity index (χ1n) is 9.96. The Bertz CT molecular complexity index is 852. The van der Waals surface area contributed by atoms with Gasteiger partial charge in [-0.15, -0.1) is 0 Å². The first-order valence-corrected chi connectivity index (χ1v) is 11.4. The van der Waals surface area contributed by atoms with Gasteiger partial charge in [0.25, 0.3) is 10.1 Å². The van der Waals surface area contributed by atoms with Crippen molar-refractivity contribution in [2.45, 2.75) is 69.6 Å². The number of ether oxygens (including phenoxy) is 1. The molecule has 0 amide bonds. The maximum Gasteiger partial charge on any atom is 1.00 e. The molecule has 0 aliphatic carbocycles. The molecule has 0 aliphatic heterocycles. The largest absolute Gasteiger partial charge is 1.00 e. The molecule has 0 aliphatic rings. The van der Waals surface area contributed by atoms with E-state index in [1.54, 1.807) is 18.2 Å². The van der Waals surface area contributed by atoms with E-state index >= 15 is 0 Å². The van der Waals surface area contributed by atoms with Crippen molar-refractivity contribution in [1.82, 2.24) is 0 Å². The van der Waals surface area contributed by atoms with Gasteiger partial charge in [-0.2, -0.15) is 8.42 Å². The van der Waals surface area contributed by atoms with Crippen molar-refractivity contribution in [3.63, 3.8) is 0 Å². The topological polar surface area (TPSA) is 86.7 Å². The first kappa shape index (κ1) is 26.6. The molecule has 0 fully saturated rings. The summed E-state index contributed by atoms with van der Waals surface area (Å²) in [6.07, 6.45) is 10.4. The minimum Gasteiger partial charge on any atom is -0.870 e. The number of aryl methyl sites for hydroxylation is 1. The number of para-hydroxylation sites is 1. The molecule has 0 spiro atoms. The molecule has 2 rings (SSSR count). The molecule has 154 valence electrons. The van der Waals surface area contributed by atoms with Gasteiger partial charge in [-0.1, -0.05) is 81.4 Å². The smallest absolute Gasteiger partial charge is 0.870 e. The third-order valence-electron chi connectivity index (χ3n) is 4.69. The molecule has 0 saturated carbocycles. The van der Waals surface area contributed by atoms with E-state index in [0.717, 1.165) is 12.8 Å². The summed E-state index contributed by atoms with van der Waals surface area (Å²) >= 11 is 0. The Kier molecular flexibility index (Phi) is 12.7. The predicted molar refractivity (Wildman–Crippen MR) is 109 cm³/mol. The van der Waals surface area contributed by atoms with Gasteiger partial charge in [0.2, 0.25) is 0 Å². The average Bonchev–Trinajstić information content (AvgIpc) is 2.66. The molecule has 2 aromatic rings. The van der Waals surface area contributed by atoms with Gasteiger partial charge in [-0.05, 0) is 31.0 Å². The third kappa shape index (κ3) is 9.51. The summed E-state index contributed by atoms with van der Waals surface area (Å²) in [5, 5.41) is 12.6. The van der Waals surface area contributed by atoms with Crippen LogP contribution < -0.4 is 61.2 Å². The second-order valence-electron chi connectivity index (χ2n) is 7.02. The molecule has 0 atom stereocenters. The standard InChI is InChI=1S/C22H30O5S.K/c1-2-3-4-5-6-7-8-9-12-18-13-10-16-21(22(18)23)27-19-14-11-15-20(17-19)28(24,25)26;/h10-11,13-17,23H,2-9,12H2,1H3,(H,24,25,26);/q;+1/p-1. The number of hydrogen-bond acceptors (Lipinski definition) is 4. The summed E-state index contributed by atoms with van der Waals surface area (Å²) in [4.78, 5) is -0.271. The third-order valence-corrected chi connectivity index (χ3v) is 5.54. The summed E-state index contributed by atoms with van der Waals surface area (Å²) in [6, 6.07) is 10.6. The van der Waals surface area contributed by atoms with Crippen LogP contribution in [0.4, 0.5) is 0 Å². The zero-order chi connectivity index (χ0) is 20.4. The van der Waals surface area contributed by atoms with Crippen molar-refractivity contribution in [3.05, 3.63) is 48.0 Å². The zero-order valence-electron chi connectivity index (χ0n) is 17.4. The first-order chi connectivity index (χ1) is 13.4. The monoisotopic (exact) mass is 444 g/mol. The number of hydrogen-bond donors (Lipinski definition) is 1. The fraction of sp³-hybridized carbons (Fsp3) is 0.455. The minimum atomic E-state index is -4.32. The van der Waals surface area contributed by atoms with E-state index in [9.17, 15) is 13.5 Å². The van der Waals surface area contributed by atoms with Crippen LogP contribution >= 0.6 is 0 Å². The Morgan fingerprint density at radius 2 is 1.55 bits per heavy atom. The van der Waals surface area contributed by atoms with E-state index in [4.69, 9.17) is 9.29 Å². The molecule has 7 heteroatoms. The van der Waals surface area contributed by atoms with Crippen LogP contribution in [-0.2, 0) is 16.5 Å². The van der Waals surface area contributed by atoms with Crippen molar-refractivity contribution in [2.24, 2.45) is 0 Å². The van der Waals surface area contributed by atoms with Crippen molar-refractivity contribution >= 4 is 10.1 Å². The summed E-state index contributed by atoms with van der Waals surface area (Å²) < 4.78 is 37.2. The average molecular weight is 445 g/mol. The van der Waals surface area contributed by atoms with E-state index < -0.39 is 10.1 Å². The van der Waals surface area contributed by atoms with Crippen LogP contribution in [0.5, 0.6) is 17.2 Å². The van der Waals surface area contributed by atoms with E-state index in [2.05, 4.69) is 6.92 Å². The summed E-state index contributed by atoms with van der Waals surface area (Å²) in [5.41, 5.74) is 0.703. The Labute approximate surface area is 217 Å². The Hall–Kier alpha value is -0.414. The van der Waals surface area contributed by atoms with Crippen LogP contribution in [0.25, 0.3) is 0 Å². The van der Waals surface area contributed by atoms with Gasteiger partial charge in [0.1, 0.15) is 11.5 Å². The van der Waals surface area contributed by atoms with Gasteiger partial charge in [-0.3, -0.25) is 4.55 Å². The molecule has 0 unspecified atom stereocenters. The number of benzene rings is 2. The summed E-state index contributed by atoms with van der Waals surface area (Å²) in [5.74, 6) is 0.170. The molecule has 0 aromatic heterocycles. The zero-order valence-corrected chi connectivity index (χ0v) is 21.3. The maximum absolute atomic E-state index is 12.6. The van der Waals surface area contributed by atoms with Crippen LogP contribution in [-0.4, -0.2) is 13.0 Å². The Morgan fingerprint density at radius 3 is 2.21 bits per heavy atom. The second kappa shape index (κ2) is 13.8. The Balaban J connectivity index is 0.00000420. The van der Waals surface area contributed by atoms with Crippen molar-refractivity contribution in [3.8, 4) is 17.2 Å². The van der Waals surface area contributed by atoms with Crippen molar-refractivity contribution in [2.75, 3.05) is 0 Å². The molecule has 0 radical (unpaired) electrons. The van der Waals surface area contributed by atoms with E-state index in [0.29, 0.717) is 12.0 Å². The molecular formula is C22H29KO5S. The van der Waals surface area contributed by atoms with Gasteiger partial charge in [0, 0.05) is 6.07 Å². The molecule has 0 heterocycles. The van der Waals surface area contributed by atoms with Gasteiger partial charge < -0.3 is 9.84 Å². The van der Waals surface area contributed by atoms with E-state index in [-0.39, 0.29) is 73.5 Å². The fourth-order valence-corrected chi connectivity index (χ4v) is 3.63. The van der Waals surface area contributed by atoms with E-state index in [1.165, 1.54) is 56.7 Å². The minimum absolute atomic E-state index is 0. The van der Waals surface area contributed by atoms with Crippen molar-refractivity contribution < 1.29 is 74.2 Å². The molecular weight excluding hydrogens is 415 g/mol. The molecule has 2 aromatic carbocycles. The van der Waals surface area contributed by atoms with Crippen molar-refractivity contribution in [1.29, 1.82) is 0 Å². The maximum atomic E-state index is 12.6.